The quantitative estimate of drug-likeness (QED) is 0.782. The molecule has 2 bridgehead atoms. The summed E-state index contributed by atoms with van der Waals surface area (Å²) in [5, 5.41) is 5.46. The van der Waals surface area contributed by atoms with Crippen molar-refractivity contribution in [2.75, 3.05) is 19.7 Å². The molecule has 0 spiro atoms. The second-order valence-corrected chi connectivity index (χ2v) is 6.93. The van der Waals surface area contributed by atoms with Gasteiger partial charge in [0.05, 0.1) is 19.3 Å². The van der Waals surface area contributed by atoms with Gasteiger partial charge in [0.15, 0.2) is 0 Å². The molecule has 0 aromatic carbocycles. The van der Waals surface area contributed by atoms with E-state index in [2.05, 4.69) is 11.7 Å². The van der Waals surface area contributed by atoms with Crippen LogP contribution in [0.3, 0.4) is 0 Å². The second-order valence-electron chi connectivity index (χ2n) is 6.93. The molecule has 2 aliphatic heterocycles. The van der Waals surface area contributed by atoms with E-state index in [9.17, 15) is 9.59 Å². The molecule has 8 heteroatoms. The average Bonchev–Trinajstić information content (AvgIpc) is 3.11. The van der Waals surface area contributed by atoms with Crippen LogP contribution < -0.4 is 0 Å². The summed E-state index contributed by atoms with van der Waals surface area (Å²) in [6.45, 7) is 10.3. The van der Waals surface area contributed by atoms with E-state index in [-0.39, 0.29) is 18.7 Å². The Labute approximate surface area is 146 Å². The second kappa shape index (κ2) is 6.36. The van der Waals surface area contributed by atoms with Crippen molar-refractivity contribution in [2.45, 2.75) is 32.4 Å². The molecule has 1 saturated heterocycles. The lowest BCUT2D eigenvalue weighted by Gasteiger charge is -2.24. The Morgan fingerprint density at radius 3 is 2.92 bits per heavy atom. The van der Waals surface area contributed by atoms with Gasteiger partial charge in [-0.2, -0.15) is 14.8 Å². The van der Waals surface area contributed by atoms with Crippen molar-refractivity contribution < 1.29 is 19.2 Å². The van der Waals surface area contributed by atoms with E-state index in [1.807, 2.05) is 6.08 Å². The van der Waals surface area contributed by atoms with Crippen LogP contribution >= 0.6 is 0 Å². The number of hydroxylamine groups is 2. The molecular formula is C17H22N4O4. The number of hydrogen-bond donors (Lipinski definition) is 0. The molecule has 134 valence electrons. The van der Waals surface area contributed by atoms with E-state index in [4.69, 9.17) is 9.57 Å². The molecule has 2 amide bonds. The van der Waals surface area contributed by atoms with Crippen molar-refractivity contribution >= 4 is 17.7 Å². The van der Waals surface area contributed by atoms with E-state index >= 15 is 0 Å². The van der Waals surface area contributed by atoms with Crippen LogP contribution in [0.25, 0.3) is 5.57 Å². The van der Waals surface area contributed by atoms with Gasteiger partial charge in [0.25, 0.3) is 0 Å². The Kier molecular flexibility index (Phi) is 4.38. The molecule has 1 aromatic heterocycles. The Hall–Kier alpha value is -2.61. The first-order chi connectivity index (χ1) is 11.8. The van der Waals surface area contributed by atoms with Gasteiger partial charge in [-0.25, -0.2) is 9.59 Å². The van der Waals surface area contributed by atoms with Gasteiger partial charge in [-0.3, -0.25) is 4.84 Å². The summed E-state index contributed by atoms with van der Waals surface area (Å²) >= 11 is 0. The van der Waals surface area contributed by atoms with Gasteiger partial charge in [-0.15, -0.1) is 6.58 Å². The molecule has 25 heavy (non-hydrogen) atoms. The lowest BCUT2D eigenvalue weighted by Crippen LogP contribution is -2.34. The van der Waals surface area contributed by atoms with Gasteiger partial charge in [0.2, 0.25) is 0 Å². The van der Waals surface area contributed by atoms with Crippen molar-refractivity contribution in [3.05, 3.63) is 36.7 Å². The highest BCUT2D eigenvalue weighted by molar-refractivity contribution is 5.85. The topological polar surface area (TPSA) is 76.9 Å². The fraction of sp³-hybridized carbons (Fsp3) is 0.471. The molecule has 8 nitrogen and oxygen atoms in total. The number of aromatic nitrogens is 2. The number of carbonyl (C=O) groups is 2. The molecule has 0 saturated carbocycles. The van der Waals surface area contributed by atoms with Crippen LogP contribution in [0.2, 0.25) is 0 Å². The summed E-state index contributed by atoms with van der Waals surface area (Å²) in [5.74, 6) is 0. The van der Waals surface area contributed by atoms with E-state index in [1.54, 1.807) is 44.1 Å². The number of amides is 2. The molecule has 1 atom stereocenters. The minimum atomic E-state index is -0.596. The van der Waals surface area contributed by atoms with Crippen LogP contribution in [0.4, 0.5) is 9.59 Å². The minimum Gasteiger partial charge on any atom is -0.442 e. The van der Waals surface area contributed by atoms with Gasteiger partial charge in [0, 0.05) is 18.3 Å². The zero-order chi connectivity index (χ0) is 18.2. The average molecular weight is 346 g/mol. The van der Waals surface area contributed by atoms with E-state index in [0.717, 1.165) is 11.1 Å². The standard InChI is InChI=1S/C17H22N4O4/c1-5-8-24-21-14-11-19(15(21)22)7-6-13(14)12-9-18-20(10-12)16(23)25-17(2,3)4/h5-6,9-10,14H,1,7-8,11H2,2-4H3. The minimum absolute atomic E-state index is 0.169. The molecule has 0 N–H and O–H groups in total. The zero-order valence-corrected chi connectivity index (χ0v) is 14.6. The maximum Gasteiger partial charge on any atom is 0.435 e. The lowest BCUT2D eigenvalue weighted by molar-refractivity contribution is -0.105. The van der Waals surface area contributed by atoms with Crippen LogP contribution in [0, 0.1) is 0 Å². The molecule has 3 rings (SSSR count). The first-order valence-corrected chi connectivity index (χ1v) is 8.10. The number of carbonyl (C=O) groups excluding carboxylic acids is 2. The smallest absolute Gasteiger partial charge is 0.435 e. The van der Waals surface area contributed by atoms with Crippen molar-refractivity contribution in [3.8, 4) is 0 Å². The van der Waals surface area contributed by atoms with E-state index in [0.29, 0.717) is 13.1 Å². The van der Waals surface area contributed by atoms with Crippen molar-refractivity contribution in [2.24, 2.45) is 0 Å². The molecule has 1 fully saturated rings. The molecule has 0 radical (unpaired) electrons. The Morgan fingerprint density at radius 2 is 2.24 bits per heavy atom. The largest absolute Gasteiger partial charge is 0.442 e. The summed E-state index contributed by atoms with van der Waals surface area (Å²) in [5.41, 5.74) is 1.07. The first-order valence-electron chi connectivity index (χ1n) is 8.10. The molecule has 1 unspecified atom stereocenters. The molecule has 3 heterocycles. The Bertz CT molecular complexity index is 731. The number of hydrogen-bond acceptors (Lipinski definition) is 5. The number of nitrogens with zero attached hydrogens (tertiary/aromatic N) is 4. The van der Waals surface area contributed by atoms with E-state index < -0.39 is 11.7 Å². The van der Waals surface area contributed by atoms with E-state index in [1.165, 1.54) is 9.75 Å². The van der Waals surface area contributed by atoms with Gasteiger partial charge in [0.1, 0.15) is 11.6 Å². The maximum atomic E-state index is 12.3. The van der Waals surface area contributed by atoms with Gasteiger partial charge < -0.3 is 9.64 Å². The monoisotopic (exact) mass is 346 g/mol. The third-order valence-electron chi connectivity index (χ3n) is 3.85. The SMILES string of the molecule is C=CCON1C(=O)N2CC=C(c3cnn(C(=O)OC(C)(C)C)c3)C1C2. The molecule has 0 aliphatic carbocycles. The third kappa shape index (κ3) is 3.43. The molecule has 2 aliphatic rings. The van der Waals surface area contributed by atoms with Gasteiger partial charge >= 0.3 is 12.1 Å². The van der Waals surface area contributed by atoms with Crippen molar-refractivity contribution in [1.29, 1.82) is 0 Å². The summed E-state index contributed by atoms with van der Waals surface area (Å²) in [4.78, 5) is 31.6. The lowest BCUT2D eigenvalue weighted by atomic mass is 9.99. The normalized spacial score (nSPS) is 19.9. The predicted octanol–water partition coefficient (Wildman–Crippen LogP) is 2.29. The number of fused-ring (bicyclic) bond motifs is 2. The summed E-state index contributed by atoms with van der Waals surface area (Å²) in [6, 6.07) is -0.407. The molecule has 1 aromatic rings. The fourth-order valence-electron chi connectivity index (χ4n) is 2.82. The highest BCUT2D eigenvalue weighted by Crippen LogP contribution is 2.32. The highest BCUT2D eigenvalue weighted by Gasteiger charge is 2.43. The summed E-state index contributed by atoms with van der Waals surface area (Å²) in [6.07, 6.45) is 6.22. The van der Waals surface area contributed by atoms with Crippen LogP contribution in [0.15, 0.2) is 31.1 Å². The van der Waals surface area contributed by atoms with Gasteiger partial charge in [-0.1, -0.05) is 12.2 Å². The first kappa shape index (κ1) is 17.2. The summed E-state index contributed by atoms with van der Waals surface area (Å²) < 4.78 is 6.48. The van der Waals surface area contributed by atoms with Crippen LogP contribution in [0.5, 0.6) is 0 Å². The van der Waals surface area contributed by atoms with Crippen LogP contribution in [-0.2, 0) is 9.57 Å². The van der Waals surface area contributed by atoms with Crippen LogP contribution in [-0.4, -0.2) is 63.2 Å². The maximum absolute atomic E-state index is 12.3. The predicted molar refractivity (Wildman–Crippen MR) is 90.6 cm³/mol. The van der Waals surface area contributed by atoms with Gasteiger partial charge in [-0.05, 0) is 26.3 Å². The third-order valence-corrected chi connectivity index (χ3v) is 3.85. The number of rotatable bonds is 4. The van der Waals surface area contributed by atoms with Crippen molar-refractivity contribution in [3.63, 3.8) is 0 Å². The Morgan fingerprint density at radius 1 is 1.48 bits per heavy atom. The summed E-state index contributed by atoms with van der Waals surface area (Å²) in [7, 11) is 0. The Balaban J connectivity index is 1.80. The molecular weight excluding hydrogens is 324 g/mol. The number of ether oxygens (including phenoxy) is 1. The zero-order valence-electron chi connectivity index (χ0n) is 14.6. The van der Waals surface area contributed by atoms with Crippen LogP contribution in [0.1, 0.15) is 26.3 Å². The number of urea groups is 1. The van der Waals surface area contributed by atoms with Crippen molar-refractivity contribution in [1.82, 2.24) is 19.7 Å². The highest BCUT2D eigenvalue weighted by atomic mass is 16.7. The fourth-order valence-corrected chi connectivity index (χ4v) is 2.82.